The van der Waals surface area contributed by atoms with E-state index in [2.05, 4.69) is 51.9 Å². The molecule has 0 atom stereocenters. The number of rotatable bonds is 5. The fourth-order valence-electron chi connectivity index (χ4n) is 3.63. The van der Waals surface area contributed by atoms with Crippen molar-refractivity contribution >= 4 is 28.6 Å². The van der Waals surface area contributed by atoms with Crippen molar-refractivity contribution in [2.75, 3.05) is 17.7 Å². The van der Waals surface area contributed by atoms with Crippen molar-refractivity contribution in [3.63, 3.8) is 0 Å². The monoisotopic (exact) mass is 356 g/mol. The molecule has 0 amide bonds. The second-order valence-corrected chi connectivity index (χ2v) is 8.00. The minimum Gasteiger partial charge on any atom is -0.356 e. The maximum atomic E-state index is 4.51. The summed E-state index contributed by atoms with van der Waals surface area (Å²) in [6, 6.07) is 2.62. The van der Waals surface area contributed by atoms with Gasteiger partial charge in [0.05, 0.1) is 16.0 Å². The van der Waals surface area contributed by atoms with Crippen LogP contribution in [0.15, 0.2) is 23.5 Å². The first-order valence-electron chi connectivity index (χ1n) is 8.68. The first-order chi connectivity index (χ1) is 12.0. The van der Waals surface area contributed by atoms with Crippen LogP contribution in [0.5, 0.6) is 0 Å². The van der Waals surface area contributed by atoms with Gasteiger partial charge in [-0.1, -0.05) is 0 Å². The van der Waals surface area contributed by atoms with E-state index in [-0.39, 0.29) is 0 Å². The van der Waals surface area contributed by atoms with Gasteiger partial charge in [-0.3, -0.25) is 4.68 Å². The van der Waals surface area contributed by atoms with E-state index in [0.29, 0.717) is 6.04 Å². The fraction of sp³-hybridized carbons (Fsp3) is 0.500. The maximum Gasteiger partial charge on any atom is 0.142 e. The van der Waals surface area contributed by atoms with E-state index in [1.165, 1.54) is 29.2 Å². The highest BCUT2D eigenvalue weighted by molar-refractivity contribution is 7.99. The molecule has 4 rings (SSSR count). The van der Waals surface area contributed by atoms with Crippen LogP contribution in [0.25, 0.3) is 11.0 Å². The highest BCUT2D eigenvalue weighted by Crippen LogP contribution is 2.39. The molecule has 0 bridgehead atoms. The molecule has 6 nitrogen and oxygen atoms in total. The highest BCUT2D eigenvalue weighted by atomic mass is 32.2. The lowest BCUT2D eigenvalue weighted by Gasteiger charge is -2.41. The number of nitrogens with zero attached hydrogens (tertiary/aromatic N) is 5. The van der Waals surface area contributed by atoms with Gasteiger partial charge in [-0.05, 0) is 38.7 Å². The molecular weight excluding hydrogens is 332 g/mol. The van der Waals surface area contributed by atoms with E-state index in [4.69, 9.17) is 0 Å². The molecule has 1 fully saturated rings. The van der Waals surface area contributed by atoms with Gasteiger partial charge in [0.15, 0.2) is 0 Å². The zero-order chi connectivity index (χ0) is 17.6. The van der Waals surface area contributed by atoms with E-state index in [0.717, 1.165) is 28.5 Å². The minimum absolute atomic E-state index is 0.565. The minimum atomic E-state index is 0.565. The van der Waals surface area contributed by atoms with Crippen LogP contribution >= 0.6 is 11.8 Å². The second-order valence-electron chi connectivity index (χ2n) is 6.97. The summed E-state index contributed by atoms with van der Waals surface area (Å²) in [5.41, 5.74) is 3.32. The Kier molecular flexibility index (Phi) is 4.19. The Balaban J connectivity index is 1.36. The van der Waals surface area contributed by atoms with Crippen LogP contribution in [0, 0.1) is 19.8 Å². The molecule has 0 radical (unpaired) electrons. The summed E-state index contributed by atoms with van der Waals surface area (Å²) in [5, 5.41) is 5.61. The van der Waals surface area contributed by atoms with Crippen LogP contribution in [-0.4, -0.2) is 43.6 Å². The molecule has 3 aromatic heterocycles. The predicted octanol–water partition coefficient (Wildman–Crippen LogP) is 3.32. The summed E-state index contributed by atoms with van der Waals surface area (Å²) < 4.78 is 1.98. The summed E-state index contributed by atoms with van der Waals surface area (Å²) in [7, 11) is 4.17. The lowest BCUT2D eigenvalue weighted by Crippen LogP contribution is -2.43. The van der Waals surface area contributed by atoms with E-state index in [1.54, 1.807) is 6.33 Å². The Morgan fingerprint density at radius 3 is 2.84 bits per heavy atom. The molecule has 1 aliphatic carbocycles. The third kappa shape index (κ3) is 2.90. The van der Waals surface area contributed by atoms with Gasteiger partial charge in [-0.25, -0.2) is 9.97 Å². The van der Waals surface area contributed by atoms with Crippen molar-refractivity contribution in [2.24, 2.45) is 13.0 Å². The lowest BCUT2D eigenvalue weighted by atomic mass is 9.81. The number of anilines is 1. The summed E-state index contributed by atoms with van der Waals surface area (Å²) in [6.45, 7) is 4.25. The molecule has 0 spiro atoms. The molecule has 1 N–H and O–H groups in total. The molecule has 0 unspecified atom stereocenters. The molecule has 132 valence electrons. The molecule has 0 saturated heterocycles. The second kappa shape index (κ2) is 6.37. The van der Waals surface area contributed by atoms with Crippen LogP contribution in [0.2, 0.25) is 0 Å². The van der Waals surface area contributed by atoms with Gasteiger partial charge < -0.3 is 9.88 Å². The predicted molar refractivity (Wildman–Crippen MR) is 102 cm³/mol. The van der Waals surface area contributed by atoms with Crippen LogP contribution in [-0.2, 0) is 7.05 Å². The van der Waals surface area contributed by atoms with Crippen molar-refractivity contribution in [1.29, 1.82) is 0 Å². The smallest absolute Gasteiger partial charge is 0.142 e. The van der Waals surface area contributed by atoms with Gasteiger partial charge in [0.25, 0.3) is 0 Å². The molecule has 1 aliphatic rings. The topological polar surface area (TPSA) is 62.6 Å². The molecule has 3 heterocycles. The first kappa shape index (κ1) is 16.4. The van der Waals surface area contributed by atoms with Crippen molar-refractivity contribution in [3.8, 4) is 0 Å². The Morgan fingerprint density at radius 1 is 1.32 bits per heavy atom. The van der Waals surface area contributed by atoms with Crippen LogP contribution in [0.3, 0.4) is 0 Å². The molecule has 0 aromatic carbocycles. The Bertz CT molecular complexity index is 892. The third-order valence-electron chi connectivity index (χ3n) is 5.33. The summed E-state index contributed by atoms with van der Waals surface area (Å²) >= 11 is 1.96. The van der Waals surface area contributed by atoms with Gasteiger partial charge in [-0.15, -0.1) is 11.8 Å². The summed E-state index contributed by atoms with van der Waals surface area (Å²) in [4.78, 5) is 15.6. The van der Waals surface area contributed by atoms with E-state index < -0.39 is 0 Å². The molecule has 1 saturated carbocycles. The van der Waals surface area contributed by atoms with E-state index >= 15 is 0 Å². The number of thioether (sulfide) groups is 1. The van der Waals surface area contributed by atoms with Gasteiger partial charge in [-0.2, -0.15) is 5.10 Å². The zero-order valence-corrected chi connectivity index (χ0v) is 16.0. The lowest BCUT2D eigenvalue weighted by molar-refractivity contribution is 0.286. The van der Waals surface area contributed by atoms with E-state index in [1.807, 2.05) is 29.7 Å². The zero-order valence-electron chi connectivity index (χ0n) is 15.2. The number of nitrogens with one attached hydrogen (secondary N) is 1. The number of aryl methyl sites for hydroxylation is 2. The number of aromatic nitrogens is 5. The van der Waals surface area contributed by atoms with Gasteiger partial charge in [0.2, 0.25) is 0 Å². The van der Waals surface area contributed by atoms with Crippen LogP contribution < -0.4 is 4.90 Å². The number of aromatic amines is 1. The Morgan fingerprint density at radius 2 is 2.12 bits per heavy atom. The number of hydrogen-bond acceptors (Lipinski definition) is 5. The quantitative estimate of drug-likeness (QED) is 0.711. The van der Waals surface area contributed by atoms with Crippen molar-refractivity contribution < 1.29 is 0 Å². The Labute approximate surface area is 152 Å². The summed E-state index contributed by atoms with van der Waals surface area (Å²) in [5.74, 6) is 2.96. The van der Waals surface area contributed by atoms with Crippen molar-refractivity contribution in [1.82, 2.24) is 24.7 Å². The maximum absolute atomic E-state index is 4.51. The average Bonchev–Trinajstić information content (AvgIpc) is 3.12. The molecule has 3 aromatic rings. The standard InChI is InChI=1S/C18H24N6S/c1-11-16(12(2)24(4)22-11)25-9-13-7-14(8-13)23(3)18-15-5-6-19-17(15)20-10-21-18/h5-6,10,13-14H,7-9H2,1-4H3,(H,19,20,21)/t13-,14+. The van der Waals surface area contributed by atoms with Crippen molar-refractivity contribution in [3.05, 3.63) is 30.0 Å². The first-order valence-corrected chi connectivity index (χ1v) is 9.67. The molecule has 7 heteroatoms. The fourth-order valence-corrected chi connectivity index (χ4v) is 4.90. The van der Waals surface area contributed by atoms with Crippen LogP contribution in [0.1, 0.15) is 24.2 Å². The van der Waals surface area contributed by atoms with Gasteiger partial charge in [0.1, 0.15) is 17.8 Å². The average molecular weight is 356 g/mol. The van der Waals surface area contributed by atoms with E-state index in [9.17, 15) is 0 Å². The number of hydrogen-bond donors (Lipinski definition) is 1. The third-order valence-corrected chi connectivity index (χ3v) is 6.85. The largest absolute Gasteiger partial charge is 0.356 e. The van der Waals surface area contributed by atoms with Gasteiger partial charge >= 0.3 is 0 Å². The van der Waals surface area contributed by atoms with Gasteiger partial charge in [0, 0.05) is 37.8 Å². The highest BCUT2D eigenvalue weighted by Gasteiger charge is 2.33. The normalized spacial score (nSPS) is 20.0. The van der Waals surface area contributed by atoms with Crippen LogP contribution in [0.4, 0.5) is 5.82 Å². The van der Waals surface area contributed by atoms with Crippen molar-refractivity contribution in [2.45, 2.75) is 37.6 Å². The molecular formula is C18H24N6S. The molecule has 0 aliphatic heterocycles. The summed E-state index contributed by atoms with van der Waals surface area (Å²) in [6.07, 6.45) is 6.01. The number of H-pyrrole nitrogens is 1. The molecule has 25 heavy (non-hydrogen) atoms. The Hall–Kier alpha value is -2.02. The SMILES string of the molecule is Cc1nn(C)c(C)c1SC[C@H]1C[C@@H](N(C)c2ncnc3[nH]ccc23)C1. The number of fused-ring (bicyclic) bond motifs is 1.